The van der Waals surface area contributed by atoms with Gasteiger partial charge in [-0.2, -0.15) is 0 Å². The van der Waals surface area contributed by atoms with Crippen molar-refractivity contribution in [1.82, 2.24) is 15.0 Å². The Labute approximate surface area is 157 Å². The van der Waals surface area contributed by atoms with Crippen LogP contribution in [0, 0.1) is 0 Å². The Morgan fingerprint density at radius 3 is 2.09 bits per heavy atom. The van der Waals surface area contributed by atoms with E-state index >= 15 is 0 Å². The number of rotatable bonds is 9. The van der Waals surface area contributed by atoms with Crippen molar-refractivity contribution >= 4 is 58.0 Å². The van der Waals surface area contributed by atoms with E-state index < -0.39 is 8.13 Å². The van der Waals surface area contributed by atoms with E-state index in [2.05, 4.69) is 24.2 Å². The number of halogens is 5. The summed E-state index contributed by atoms with van der Waals surface area (Å²) in [6.07, 6.45) is 7.33. The Kier molecular flexibility index (Phi) is 8.60. The number of nitrogens with zero attached hydrogens (tertiary/aromatic N) is 3. The molecule has 8 heteroatoms. The highest BCUT2D eigenvalue weighted by Gasteiger charge is 2.51. The van der Waals surface area contributed by atoms with Crippen molar-refractivity contribution in [2.24, 2.45) is 0 Å². The molecule has 22 heavy (non-hydrogen) atoms. The standard InChI is InChI=1S/C14H22Cl5N3/c1-3-5-7-8-10-22-11(9-6-4-2)12(20-21-22)13(15,16)14(17,18)19/h3-10H2,1-2H3. The molecule has 0 bridgehead atoms. The van der Waals surface area contributed by atoms with Crippen LogP contribution in [0.1, 0.15) is 63.8 Å². The maximum absolute atomic E-state index is 6.27. The molecule has 0 amide bonds. The third-order valence-corrected chi connectivity index (χ3v) is 5.84. The molecule has 0 radical (unpaired) electrons. The van der Waals surface area contributed by atoms with Crippen molar-refractivity contribution < 1.29 is 0 Å². The molecule has 0 N–H and O–H groups in total. The van der Waals surface area contributed by atoms with Gasteiger partial charge in [0.05, 0.1) is 5.69 Å². The fourth-order valence-electron chi connectivity index (χ4n) is 2.17. The first-order valence-corrected chi connectivity index (χ1v) is 9.52. The van der Waals surface area contributed by atoms with Gasteiger partial charge in [-0.05, 0) is 19.3 Å². The van der Waals surface area contributed by atoms with Crippen molar-refractivity contribution in [3.63, 3.8) is 0 Å². The predicted octanol–water partition coefficient (Wildman–Crippen LogP) is 6.20. The summed E-state index contributed by atoms with van der Waals surface area (Å²) in [5.74, 6) is 0. The van der Waals surface area contributed by atoms with E-state index in [4.69, 9.17) is 58.0 Å². The smallest absolute Gasteiger partial charge is 0.228 e. The van der Waals surface area contributed by atoms with E-state index in [-0.39, 0.29) is 0 Å². The highest BCUT2D eigenvalue weighted by Crippen LogP contribution is 2.53. The lowest BCUT2D eigenvalue weighted by atomic mass is 10.1. The molecule has 0 fully saturated rings. The van der Waals surface area contributed by atoms with Gasteiger partial charge in [0.25, 0.3) is 0 Å². The molecule has 1 heterocycles. The van der Waals surface area contributed by atoms with Crippen molar-refractivity contribution in [3.05, 3.63) is 11.4 Å². The van der Waals surface area contributed by atoms with Crippen LogP contribution in [0.2, 0.25) is 0 Å². The van der Waals surface area contributed by atoms with Crippen molar-refractivity contribution in [1.29, 1.82) is 0 Å². The first kappa shape index (κ1) is 20.6. The van der Waals surface area contributed by atoms with E-state index in [1.165, 1.54) is 12.8 Å². The van der Waals surface area contributed by atoms with E-state index in [1.54, 1.807) is 0 Å². The van der Waals surface area contributed by atoms with Gasteiger partial charge in [-0.1, -0.05) is 103 Å². The molecule has 0 aliphatic heterocycles. The van der Waals surface area contributed by atoms with Crippen molar-refractivity contribution in [2.75, 3.05) is 0 Å². The number of unbranched alkanes of at least 4 members (excludes halogenated alkanes) is 4. The summed E-state index contributed by atoms with van der Waals surface area (Å²) < 4.78 is -1.75. The third-order valence-electron chi connectivity index (χ3n) is 3.48. The first-order chi connectivity index (χ1) is 10.3. The zero-order chi connectivity index (χ0) is 16.8. The summed E-state index contributed by atoms with van der Waals surface area (Å²) in [5.41, 5.74) is 1.20. The maximum atomic E-state index is 6.27. The molecule has 0 aliphatic rings. The quantitative estimate of drug-likeness (QED) is 0.359. The molecule has 0 aromatic carbocycles. The number of hydrogen-bond donors (Lipinski definition) is 0. The summed E-state index contributed by atoms with van der Waals surface area (Å²) in [6, 6.07) is 0. The zero-order valence-electron chi connectivity index (χ0n) is 12.9. The van der Waals surface area contributed by atoms with E-state index in [0.29, 0.717) is 5.69 Å². The Morgan fingerprint density at radius 2 is 1.55 bits per heavy atom. The summed E-state index contributed by atoms with van der Waals surface area (Å²) in [5, 5.41) is 8.27. The summed E-state index contributed by atoms with van der Waals surface area (Å²) in [4.78, 5) is 0. The Balaban J connectivity index is 3.00. The molecule has 0 saturated carbocycles. The Bertz CT molecular complexity index is 454. The normalized spacial score (nSPS) is 12.9. The summed E-state index contributed by atoms with van der Waals surface area (Å²) >= 11 is 30.3. The van der Waals surface area contributed by atoms with Crippen LogP contribution < -0.4 is 0 Å². The summed E-state index contributed by atoms with van der Waals surface area (Å²) in [7, 11) is 0. The topological polar surface area (TPSA) is 30.7 Å². The third kappa shape index (κ3) is 5.31. The molecule has 0 atom stereocenters. The first-order valence-electron chi connectivity index (χ1n) is 7.63. The number of aromatic nitrogens is 3. The van der Waals surface area contributed by atoms with Gasteiger partial charge < -0.3 is 0 Å². The average Bonchev–Trinajstić information content (AvgIpc) is 2.83. The van der Waals surface area contributed by atoms with Gasteiger partial charge >= 0.3 is 0 Å². The molecule has 3 nitrogen and oxygen atoms in total. The molecule has 128 valence electrons. The van der Waals surface area contributed by atoms with Crippen LogP contribution in [0.25, 0.3) is 0 Å². The van der Waals surface area contributed by atoms with Crippen LogP contribution in [0.15, 0.2) is 0 Å². The fraction of sp³-hybridized carbons (Fsp3) is 0.857. The van der Waals surface area contributed by atoms with Crippen molar-refractivity contribution in [2.45, 2.75) is 73.5 Å². The lowest BCUT2D eigenvalue weighted by Crippen LogP contribution is -2.30. The molecule has 0 unspecified atom stereocenters. The second-order valence-corrected chi connectivity index (χ2v) is 8.95. The monoisotopic (exact) mass is 407 g/mol. The molecule has 1 aromatic heterocycles. The Hall–Kier alpha value is 0.590. The molecular formula is C14H22Cl5N3. The minimum Gasteiger partial charge on any atom is -0.249 e. The molecule has 0 aliphatic carbocycles. The fourth-order valence-corrected chi connectivity index (χ4v) is 2.73. The number of alkyl halides is 5. The Morgan fingerprint density at radius 1 is 0.909 bits per heavy atom. The minimum absolute atomic E-state index is 0.347. The van der Waals surface area contributed by atoms with Crippen LogP contribution in [0.5, 0.6) is 0 Å². The zero-order valence-corrected chi connectivity index (χ0v) is 16.7. The van der Waals surface area contributed by atoms with Gasteiger partial charge in [-0.15, -0.1) is 5.10 Å². The van der Waals surface area contributed by atoms with Gasteiger partial charge in [0.2, 0.25) is 8.13 Å². The highest BCUT2D eigenvalue weighted by atomic mass is 35.6. The molecule has 0 saturated heterocycles. The van der Waals surface area contributed by atoms with E-state index in [9.17, 15) is 0 Å². The van der Waals surface area contributed by atoms with Crippen LogP contribution >= 0.6 is 58.0 Å². The highest BCUT2D eigenvalue weighted by molar-refractivity contribution is 6.75. The number of aryl methyl sites for hydroxylation is 1. The van der Waals surface area contributed by atoms with Gasteiger partial charge in [0.1, 0.15) is 5.69 Å². The summed E-state index contributed by atoms with van der Waals surface area (Å²) in [6.45, 7) is 5.06. The number of hydrogen-bond acceptors (Lipinski definition) is 2. The molecule has 1 aromatic rings. The van der Waals surface area contributed by atoms with Crippen LogP contribution in [-0.2, 0) is 17.3 Å². The van der Waals surface area contributed by atoms with Gasteiger partial charge in [0, 0.05) is 6.54 Å². The van der Waals surface area contributed by atoms with Gasteiger partial charge in [-0.25, -0.2) is 4.68 Å². The maximum Gasteiger partial charge on any atom is 0.228 e. The SMILES string of the molecule is CCCCCCn1nnc(C(Cl)(Cl)C(Cl)(Cl)Cl)c1CCCC. The van der Waals surface area contributed by atoms with Crippen LogP contribution in [-0.4, -0.2) is 18.8 Å². The lowest BCUT2D eigenvalue weighted by Gasteiger charge is -2.26. The predicted molar refractivity (Wildman–Crippen MR) is 96.5 cm³/mol. The second kappa shape index (κ2) is 9.17. The van der Waals surface area contributed by atoms with Gasteiger partial charge in [-0.3, -0.25) is 0 Å². The average molecular weight is 410 g/mol. The largest absolute Gasteiger partial charge is 0.249 e. The van der Waals surface area contributed by atoms with Gasteiger partial charge in [0.15, 0.2) is 0 Å². The molecular weight excluding hydrogens is 387 g/mol. The molecule has 1 rings (SSSR count). The minimum atomic E-state index is -1.87. The van der Waals surface area contributed by atoms with Crippen LogP contribution in [0.3, 0.4) is 0 Å². The lowest BCUT2D eigenvalue weighted by molar-refractivity contribution is 0.508. The van der Waals surface area contributed by atoms with Crippen LogP contribution in [0.4, 0.5) is 0 Å². The van der Waals surface area contributed by atoms with E-state index in [0.717, 1.165) is 44.3 Å². The van der Waals surface area contributed by atoms with Crippen molar-refractivity contribution in [3.8, 4) is 0 Å². The van der Waals surface area contributed by atoms with E-state index in [1.807, 2.05) is 4.68 Å². The second-order valence-electron chi connectivity index (χ2n) is 5.34. The molecule has 0 spiro atoms.